The zero-order valence-electron chi connectivity index (χ0n) is 13.7. The molecule has 1 aromatic heterocycles. The topological polar surface area (TPSA) is 55.8 Å². The SMILES string of the molecule is COC(=O)c1ccc(C(=O)N(Cc2ccccc2OC)C2CC2)s1. The maximum Gasteiger partial charge on any atom is 0.348 e. The lowest BCUT2D eigenvalue weighted by Gasteiger charge is -2.23. The van der Waals surface area contributed by atoms with Crippen molar-refractivity contribution in [3.05, 3.63) is 51.7 Å². The predicted molar refractivity (Wildman–Crippen MR) is 91.5 cm³/mol. The lowest BCUT2D eigenvalue weighted by atomic mass is 10.2. The van der Waals surface area contributed by atoms with Crippen LogP contribution in [-0.2, 0) is 11.3 Å². The molecular formula is C18H19NO4S. The van der Waals surface area contributed by atoms with Gasteiger partial charge in [-0.3, -0.25) is 4.79 Å². The molecule has 1 aliphatic carbocycles. The summed E-state index contributed by atoms with van der Waals surface area (Å²) in [6.45, 7) is 0.499. The van der Waals surface area contributed by atoms with Gasteiger partial charge in [0.1, 0.15) is 10.6 Å². The van der Waals surface area contributed by atoms with Gasteiger partial charge in [0.15, 0.2) is 0 Å². The first kappa shape index (κ1) is 16.5. The quantitative estimate of drug-likeness (QED) is 0.754. The zero-order chi connectivity index (χ0) is 17.1. The molecule has 0 atom stereocenters. The van der Waals surface area contributed by atoms with Crippen LogP contribution >= 0.6 is 11.3 Å². The highest BCUT2D eigenvalue weighted by Crippen LogP contribution is 2.32. The van der Waals surface area contributed by atoms with Crippen LogP contribution in [0.25, 0.3) is 0 Å². The largest absolute Gasteiger partial charge is 0.496 e. The van der Waals surface area contributed by atoms with Gasteiger partial charge in [-0.1, -0.05) is 18.2 Å². The average Bonchev–Trinajstić information content (AvgIpc) is 3.34. The van der Waals surface area contributed by atoms with Gasteiger partial charge in [0, 0.05) is 18.2 Å². The smallest absolute Gasteiger partial charge is 0.348 e. The minimum Gasteiger partial charge on any atom is -0.496 e. The monoisotopic (exact) mass is 345 g/mol. The Hall–Kier alpha value is -2.34. The molecule has 1 aliphatic rings. The van der Waals surface area contributed by atoms with Crippen LogP contribution < -0.4 is 4.74 Å². The minimum absolute atomic E-state index is 0.0523. The number of carbonyl (C=O) groups excluding carboxylic acids is 2. The van der Waals surface area contributed by atoms with Gasteiger partial charge >= 0.3 is 5.97 Å². The van der Waals surface area contributed by atoms with E-state index < -0.39 is 5.97 Å². The third kappa shape index (κ3) is 3.43. The van der Waals surface area contributed by atoms with Crippen LogP contribution in [0.3, 0.4) is 0 Å². The Bertz CT molecular complexity index is 751. The van der Waals surface area contributed by atoms with E-state index in [0.717, 1.165) is 24.2 Å². The molecule has 3 rings (SSSR count). The summed E-state index contributed by atoms with van der Waals surface area (Å²) in [4.78, 5) is 27.3. The molecule has 0 N–H and O–H groups in total. The maximum atomic E-state index is 12.9. The van der Waals surface area contributed by atoms with Gasteiger partial charge in [-0.2, -0.15) is 0 Å². The van der Waals surface area contributed by atoms with E-state index >= 15 is 0 Å². The molecular weight excluding hydrogens is 326 g/mol. The van der Waals surface area contributed by atoms with Gasteiger partial charge in [-0.05, 0) is 31.0 Å². The van der Waals surface area contributed by atoms with Crippen LogP contribution in [0.5, 0.6) is 5.75 Å². The van der Waals surface area contributed by atoms with Crippen LogP contribution in [0.4, 0.5) is 0 Å². The first-order chi connectivity index (χ1) is 11.6. The molecule has 1 aromatic carbocycles. The van der Waals surface area contributed by atoms with Gasteiger partial charge < -0.3 is 14.4 Å². The number of benzene rings is 1. The van der Waals surface area contributed by atoms with Crippen LogP contribution in [-0.4, -0.2) is 37.0 Å². The molecule has 1 heterocycles. The van der Waals surface area contributed by atoms with Crippen molar-refractivity contribution in [1.82, 2.24) is 4.90 Å². The third-order valence-corrected chi connectivity index (χ3v) is 5.04. The Morgan fingerprint density at radius 1 is 1.12 bits per heavy atom. The van der Waals surface area contributed by atoms with E-state index in [1.54, 1.807) is 19.2 Å². The zero-order valence-corrected chi connectivity index (χ0v) is 14.5. The summed E-state index contributed by atoms with van der Waals surface area (Å²) in [5.41, 5.74) is 0.977. The molecule has 0 saturated heterocycles. The maximum absolute atomic E-state index is 12.9. The minimum atomic E-state index is -0.415. The fourth-order valence-electron chi connectivity index (χ4n) is 2.57. The number of esters is 1. The fraction of sp³-hybridized carbons (Fsp3) is 0.333. The van der Waals surface area contributed by atoms with E-state index in [0.29, 0.717) is 16.3 Å². The van der Waals surface area contributed by atoms with Crippen molar-refractivity contribution in [2.45, 2.75) is 25.4 Å². The number of para-hydroxylation sites is 1. The number of nitrogens with zero attached hydrogens (tertiary/aromatic N) is 1. The first-order valence-corrected chi connectivity index (χ1v) is 8.56. The molecule has 0 bridgehead atoms. The van der Waals surface area contributed by atoms with E-state index in [2.05, 4.69) is 0 Å². The van der Waals surface area contributed by atoms with Gasteiger partial charge in [-0.25, -0.2) is 4.79 Å². The summed E-state index contributed by atoms with van der Waals surface area (Å²) in [6, 6.07) is 11.3. The highest BCUT2D eigenvalue weighted by Gasteiger charge is 2.34. The van der Waals surface area contributed by atoms with Crippen LogP contribution in [0, 0.1) is 0 Å². The molecule has 1 fully saturated rings. The van der Waals surface area contributed by atoms with Crippen molar-refractivity contribution in [2.75, 3.05) is 14.2 Å². The highest BCUT2D eigenvalue weighted by molar-refractivity contribution is 7.15. The molecule has 0 spiro atoms. The van der Waals surface area contributed by atoms with Crippen molar-refractivity contribution >= 4 is 23.2 Å². The molecule has 1 saturated carbocycles. The summed E-state index contributed by atoms with van der Waals surface area (Å²) in [6.07, 6.45) is 2.02. The van der Waals surface area contributed by atoms with Crippen LogP contribution in [0.15, 0.2) is 36.4 Å². The van der Waals surface area contributed by atoms with Gasteiger partial charge in [0.05, 0.1) is 19.1 Å². The van der Waals surface area contributed by atoms with E-state index in [9.17, 15) is 9.59 Å². The number of carbonyl (C=O) groups is 2. The predicted octanol–water partition coefficient (Wildman–Crippen LogP) is 3.35. The lowest BCUT2D eigenvalue weighted by molar-refractivity contribution is 0.0606. The Labute approximate surface area is 144 Å². The molecule has 0 unspecified atom stereocenters. The number of methoxy groups -OCH3 is 2. The van der Waals surface area contributed by atoms with Gasteiger partial charge in [0.25, 0.3) is 5.91 Å². The second-order valence-electron chi connectivity index (χ2n) is 5.63. The van der Waals surface area contributed by atoms with Crippen molar-refractivity contribution < 1.29 is 19.1 Å². The van der Waals surface area contributed by atoms with Crippen LogP contribution in [0.2, 0.25) is 0 Å². The lowest BCUT2D eigenvalue weighted by Crippen LogP contribution is -2.32. The highest BCUT2D eigenvalue weighted by atomic mass is 32.1. The van der Waals surface area contributed by atoms with Gasteiger partial charge in [-0.15, -0.1) is 11.3 Å². The molecule has 1 amide bonds. The summed E-state index contributed by atoms with van der Waals surface area (Å²) < 4.78 is 10.1. The second-order valence-corrected chi connectivity index (χ2v) is 6.72. The Morgan fingerprint density at radius 2 is 1.83 bits per heavy atom. The summed E-state index contributed by atoms with van der Waals surface area (Å²) in [7, 11) is 2.96. The normalized spacial score (nSPS) is 13.4. The molecule has 5 nitrogen and oxygen atoms in total. The Morgan fingerprint density at radius 3 is 2.50 bits per heavy atom. The molecule has 24 heavy (non-hydrogen) atoms. The first-order valence-electron chi connectivity index (χ1n) is 7.75. The van der Waals surface area contributed by atoms with Crippen molar-refractivity contribution in [1.29, 1.82) is 0 Å². The summed E-state index contributed by atoms with van der Waals surface area (Å²) in [5, 5.41) is 0. The van der Waals surface area contributed by atoms with Crippen molar-refractivity contribution in [3.63, 3.8) is 0 Å². The molecule has 126 valence electrons. The van der Waals surface area contributed by atoms with Crippen molar-refractivity contribution in [3.8, 4) is 5.75 Å². The number of ether oxygens (including phenoxy) is 2. The van der Waals surface area contributed by atoms with E-state index in [-0.39, 0.29) is 11.9 Å². The number of amides is 1. The number of hydrogen-bond donors (Lipinski definition) is 0. The third-order valence-electron chi connectivity index (χ3n) is 3.99. The van der Waals surface area contributed by atoms with Crippen molar-refractivity contribution in [2.24, 2.45) is 0 Å². The van der Waals surface area contributed by atoms with Gasteiger partial charge in [0.2, 0.25) is 0 Å². The molecule has 0 aliphatic heterocycles. The number of rotatable bonds is 6. The van der Waals surface area contributed by atoms with E-state index in [1.807, 2.05) is 29.2 Å². The fourth-order valence-corrected chi connectivity index (χ4v) is 3.46. The molecule has 0 radical (unpaired) electrons. The van der Waals surface area contributed by atoms with Crippen LogP contribution in [0.1, 0.15) is 37.7 Å². The Balaban J connectivity index is 1.82. The van der Waals surface area contributed by atoms with E-state index in [4.69, 9.17) is 9.47 Å². The Kier molecular flexibility index (Phi) is 4.85. The number of hydrogen-bond acceptors (Lipinski definition) is 5. The summed E-state index contributed by atoms with van der Waals surface area (Å²) in [5.74, 6) is 0.308. The molecule has 6 heteroatoms. The number of thiophene rings is 1. The standard InChI is InChI=1S/C18H19NO4S/c1-22-14-6-4-3-5-12(14)11-19(13-7-8-13)17(20)15-9-10-16(24-15)18(21)23-2/h3-6,9-10,13H,7-8,11H2,1-2H3. The second kappa shape index (κ2) is 7.05. The average molecular weight is 345 g/mol. The van der Waals surface area contributed by atoms with E-state index in [1.165, 1.54) is 18.4 Å². The molecule has 2 aromatic rings. The summed E-state index contributed by atoms with van der Waals surface area (Å²) >= 11 is 1.17.